The van der Waals surface area contributed by atoms with Crippen LogP contribution in [0, 0.1) is 0 Å². The fourth-order valence-corrected chi connectivity index (χ4v) is 5.47. The number of hydrogen-bond donors (Lipinski definition) is 8. The fourth-order valence-electron chi connectivity index (χ4n) is 5.47. The molecule has 2 saturated heterocycles. The number of rotatable bonds is 21. The van der Waals surface area contributed by atoms with Crippen molar-refractivity contribution >= 4 is 5.97 Å². The van der Waals surface area contributed by atoms with E-state index in [9.17, 15) is 45.6 Å². The zero-order valence-corrected chi connectivity index (χ0v) is 25.5. The van der Waals surface area contributed by atoms with Crippen molar-refractivity contribution in [3.63, 3.8) is 0 Å². The van der Waals surface area contributed by atoms with Crippen LogP contribution in [0.5, 0.6) is 0 Å². The second-order valence-corrected chi connectivity index (χ2v) is 11.8. The van der Waals surface area contributed by atoms with Gasteiger partial charge in [0.05, 0.1) is 13.2 Å². The van der Waals surface area contributed by atoms with Crippen molar-refractivity contribution in [1.29, 1.82) is 0 Å². The number of ether oxygens (including phenoxy) is 4. The predicted molar refractivity (Wildman–Crippen MR) is 153 cm³/mol. The van der Waals surface area contributed by atoms with Gasteiger partial charge in [-0.25, -0.2) is 4.79 Å². The Hall–Kier alpha value is -0.970. The van der Waals surface area contributed by atoms with Gasteiger partial charge < -0.3 is 59.8 Å². The Morgan fingerprint density at radius 2 is 1.07 bits per heavy atom. The van der Waals surface area contributed by atoms with Crippen molar-refractivity contribution in [3.8, 4) is 0 Å². The monoisotopic (exact) mass is 624 g/mol. The molecule has 0 aromatic carbocycles. The lowest BCUT2D eigenvalue weighted by Gasteiger charge is -2.45. The number of aliphatic hydroxyl groups is 8. The first-order chi connectivity index (χ1) is 20.7. The molecule has 1 unspecified atom stereocenters. The summed E-state index contributed by atoms with van der Waals surface area (Å²) in [4.78, 5) is 12.7. The molecule has 0 aromatic rings. The van der Waals surface area contributed by atoms with Gasteiger partial charge in [-0.1, -0.05) is 96.8 Å². The highest BCUT2D eigenvalue weighted by Crippen LogP contribution is 2.30. The molecule has 0 bridgehead atoms. The van der Waals surface area contributed by atoms with Gasteiger partial charge >= 0.3 is 5.97 Å². The van der Waals surface area contributed by atoms with E-state index in [1.165, 1.54) is 57.8 Å². The molecule has 0 radical (unpaired) electrons. The average molecular weight is 625 g/mol. The Balaban J connectivity index is 1.76. The molecule has 254 valence electrons. The number of esters is 1. The maximum Gasteiger partial charge on any atom is 0.335 e. The Bertz CT molecular complexity index is 741. The van der Waals surface area contributed by atoms with Gasteiger partial charge in [-0.2, -0.15) is 0 Å². The molecule has 2 heterocycles. The molecule has 11 atom stereocenters. The summed E-state index contributed by atoms with van der Waals surface area (Å²) in [6.07, 6.45) is -1.58. The van der Waals surface area contributed by atoms with Crippen molar-refractivity contribution < 1.29 is 64.6 Å². The van der Waals surface area contributed by atoms with E-state index >= 15 is 0 Å². The first-order valence-electron chi connectivity index (χ1n) is 16.1. The number of carbonyl (C=O) groups excluding carboxylic acids is 1. The minimum absolute atomic E-state index is 0.126. The molecule has 13 heteroatoms. The molecule has 2 aliphatic heterocycles. The first-order valence-corrected chi connectivity index (χ1v) is 16.1. The van der Waals surface area contributed by atoms with E-state index in [-0.39, 0.29) is 6.42 Å². The van der Waals surface area contributed by atoms with Crippen LogP contribution in [0.25, 0.3) is 0 Å². The number of unbranched alkanes of at least 4 members (excludes halogenated alkanes) is 13. The molecule has 13 nitrogen and oxygen atoms in total. The maximum atomic E-state index is 12.7. The highest BCUT2D eigenvalue weighted by atomic mass is 16.8. The minimum atomic E-state index is -1.82. The second-order valence-electron chi connectivity index (χ2n) is 11.8. The van der Waals surface area contributed by atoms with Gasteiger partial charge in [-0.3, -0.25) is 0 Å². The van der Waals surface area contributed by atoms with Gasteiger partial charge in [0.15, 0.2) is 18.5 Å². The summed E-state index contributed by atoms with van der Waals surface area (Å²) in [6.45, 7) is 0.763. The summed E-state index contributed by atoms with van der Waals surface area (Å²) in [6, 6.07) is 0. The van der Waals surface area contributed by atoms with Crippen LogP contribution in [0.4, 0.5) is 0 Å². The van der Waals surface area contributed by atoms with Crippen LogP contribution in [0.2, 0.25) is 0 Å². The van der Waals surface area contributed by atoms with Crippen LogP contribution in [0.1, 0.15) is 103 Å². The van der Waals surface area contributed by atoms with Crippen molar-refractivity contribution in [3.05, 3.63) is 0 Å². The van der Waals surface area contributed by atoms with Gasteiger partial charge in [0, 0.05) is 0 Å². The zero-order valence-electron chi connectivity index (χ0n) is 25.5. The molecule has 0 aromatic heterocycles. The summed E-state index contributed by atoms with van der Waals surface area (Å²) in [5.41, 5.74) is 0. The van der Waals surface area contributed by atoms with E-state index in [0.29, 0.717) is 6.42 Å². The molecule has 2 aliphatic rings. The van der Waals surface area contributed by atoms with E-state index in [0.717, 1.165) is 25.7 Å². The van der Waals surface area contributed by atoms with Crippen LogP contribution in [0.15, 0.2) is 0 Å². The molecule has 2 fully saturated rings. The second kappa shape index (κ2) is 20.9. The highest BCUT2D eigenvalue weighted by molar-refractivity contribution is 5.74. The smallest absolute Gasteiger partial charge is 0.335 e. The van der Waals surface area contributed by atoms with Crippen molar-refractivity contribution in [1.82, 2.24) is 0 Å². The van der Waals surface area contributed by atoms with Gasteiger partial charge in [-0.15, -0.1) is 0 Å². The predicted octanol–water partition coefficient (Wildman–Crippen LogP) is 0.386. The van der Waals surface area contributed by atoms with Crippen molar-refractivity contribution in [2.75, 3.05) is 13.2 Å². The third kappa shape index (κ3) is 12.4. The SMILES string of the molecule is CCCCCCCCCCCCCCCCC(O)C(=O)O[C@H]1[C@@H](O[C@H]2O[C@H](CO)[C@@H](O)[C@H](O)[C@H]2O)O[C@H](CO)[C@@H](O)[C@@H]1O. The lowest BCUT2D eigenvalue weighted by molar-refractivity contribution is -0.377. The lowest BCUT2D eigenvalue weighted by Crippen LogP contribution is -2.64. The van der Waals surface area contributed by atoms with E-state index in [1.807, 2.05) is 0 Å². The Labute approximate surface area is 254 Å². The summed E-state index contributed by atoms with van der Waals surface area (Å²) < 4.78 is 21.5. The minimum Gasteiger partial charge on any atom is -0.452 e. The highest BCUT2D eigenvalue weighted by Gasteiger charge is 2.51. The topological polar surface area (TPSA) is 216 Å². The maximum absolute atomic E-state index is 12.7. The largest absolute Gasteiger partial charge is 0.452 e. The Morgan fingerprint density at radius 1 is 0.628 bits per heavy atom. The number of aliphatic hydroxyl groups excluding tert-OH is 8. The molecule has 0 amide bonds. The van der Waals surface area contributed by atoms with Gasteiger partial charge in [0.2, 0.25) is 6.29 Å². The van der Waals surface area contributed by atoms with E-state index < -0.39 is 86.7 Å². The molecule has 0 saturated carbocycles. The molecule has 43 heavy (non-hydrogen) atoms. The quantitative estimate of drug-likeness (QED) is 0.0641. The van der Waals surface area contributed by atoms with E-state index in [2.05, 4.69) is 6.92 Å². The molecule has 0 aliphatic carbocycles. The van der Waals surface area contributed by atoms with Gasteiger partial charge in [0.25, 0.3) is 0 Å². The first kappa shape index (κ1) is 38.2. The normalized spacial score (nSPS) is 33.8. The number of hydrogen-bond acceptors (Lipinski definition) is 13. The Morgan fingerprint density at radius 3 is 1.56 bits per heavy atom. The van der Waals surface area contributed by atoms with Crippen LogP contribution in [-0.4, -0.2) is 128 Å². The fraction of sp³-hybridized carbons (Fsp3) is 0.967. The van der Waals surface area contributed by atoms with E-state index in [4.69, 9.17) is 18.9 Å². The van der Waals surface area contributed by atoms with Crippen LogP contribution in [0.3, 0.4) is 0 Å². The zero-order chi connectivity index (χ0) is 31.8. The summed E-state index contributed by atoms with van der Waals surface area (Å²) in [5, 5.41) is 80.6. The molecule has 0 spiro atoms. The van der Waals surface area contributed by atoms with Crippen LogP contribution >= 0.6 is 0 Å². The molecule has 8 N–H and O–H groups in total. The average Bonchev–Trinajstić information content (AvgIpc) is 3.00. The Kier molecular flexibility index (Phi) is 18.6. The third-order valence-corrected chi connectivity index (χ3v) is 8.30. The summed E-state index contributed by atoms with van der Waals surface area (Å²) in [7, 11) is 0. The third-order valence-electron chi connectivity index (χ3n) is 8.30. The van der Waals surface area contributed by atoms with Crippen molar-refractivity contribution in [2.45, 2.75) is 171 Å². The molecular weight excluding hydrogens is 568 g/mol. The van der Waals surface area contributed by atoms with Gasteiger partial charge in [0.1, 0.15) is 42.7 Å². The number of carbonyl (C=O) groups is 1. The molecular formula is C30H56O13. The standard InChI is InChI=1S/C30H56O13/c1-2-3-4-5-6-7-8-9-10-11-12-13-14-15-16-19(33)28(39)42-27-25(37)23(35)21(18-32)41-30(27)43-29-26(38)24(36)22(34)20(17-31)40-29/h19-27,29-38H,2-18H2,1H3/t19?,20-,21-,22-,23-,24+,25+,26-,27-,29-,30-/m1/s1. The van der Waals surface area contributed by atoms with Crippen LogP contribution < -0.4 is 0 Å². The van der Waals surface area contributed by atoms with Gasteiger partial charge in [-0.05, 0) is 6.42 Å². The van der Waals surface area contributed by atoms with Crippen LogP contribution in [-0.2, 0) is 23.7 Å². The van der Waals surface area contributed by atoms with Crippen molar-refractivity contribution in [2.24, 2.45) is 0 Å². The van der Waals surface area contributed by atoms with E-state index in [1.54, 1.807) is 0 Å². The summed E-state index contributed by atoms with van der Waals surface area (Å²) in [5.74, 6) is -1.08. The lowest BCUT2D eigenvalue weighted by atomic mass is 9.98. The summed E-state index contributed by atoms with van der Waals surface area (Å²) >= 11 is 0. The molecule has 2 rings (SSSR count).